The second-order valence-corrected chi connectivity index (χ2v) is 7.91. The number of methoxy groups -OCH3 is 1. The first-order valence-electron chi connectivity index (χ1n) is 10.00. The fourth-order valence-corrected chi connectivity index (χ4v) is 4.23. The number of rotatable bonds is 4. The number of fused-ring (bicyclic) bond motifs is 1. The Hall–Kier alpha value is -3.91. The Morgan fingerprint density at radius 3 is 2.58 bits per heavy atom. The third-order valence-electron chi connectivity index (χ3n) is 5.53. The van der Waals surface area contributed by atoms with E-state index in [9.17, 15) is 14.7 Å². The molecule has 5 rings (SSSR count). The highest BCUT2D eigenvalue weighted by molar-refractivity contribution is 6.51. The van der Waals surface area contributed by atoms with Crippen molar-refractivity contribution >= 4 is 34.7 Å². The van der Waals surface area contributed by atoms with Gasteiger partial charge in [-0.15, -0.1) is 0 Å². The molecule has 1 unspecified atom stereocenters. The molecule has 1 saturated heterocycles. The Bertz CT molecular complexity index is 1330. The monoisotopic (exact) mass is 467 g/mol. The number of hydrogen-bond donors (Lipinski definition) is 1. The Labute approximate surface area is 193 Å². The molecule has 2 aromatic carbocycles. The number of ketones is 1. The summed E-state index contributed by atoms with van der Waals surface area (Å²) in [5, 5.41) is 11.4. The van der Waals surface area contributed by atoms with E-state index in [1.807, 2.05) is 0 Å². The second kappa shape index (κ2) is 7.90. The molecule has 3 aromatic rings. The van der Waals surface area contributed by atoms with Crippen LogP contribution in [0.2, 0.25) is 5.02 Å². The van der Waals surface area contributed by atoms with Gasteiger partial charge in [0.05, 0.1) is 17.7 Å². The number of carbonyl (C=O) groups is 2. The van der Waals surface area contributed by atoms with Crippen LogP contribution in [0.15, 0.2) is 58.5 Å². The summed E-state index contributed by atoms with van der Waals surface area (Å²) in [5.41, 5.74) is 0.540. The minimum atomic E-state index is -1.00. The lowest BCUT2D eigenvalue weighted by molar-refractivity contribution is -0.132. The molecule has 2 aliphatic heterocycles. The van der Waals surface area contributed by atoms with E-state index in [1.54, 1.807) is 49.4 Å². The quantitative estimate of drug-likeness (QED) is 0.340. The molecule has 0 aliphatic carbocycles. The molecule has 0 bridgehead atoms. The van der Waals surface area contributed by atoms with Gasteiger partial charge in [0.15, 0.2) is 11.5 Å². The lowest BCUT2D eigenvalue weighted by Crippen LogP contribution is -2.29. The van der Waals surface area contributed by atoms with Crippen LogP contribution in [0.5, 0.6) is 17.2 Å². The molecular weight excluding hydrogens is 450 g/mol. The van der Waals surface area contributed by atoms with Gasteiger partial charge in [0.2, 0.25) is 6.79 Å². The number of furan rings is 1. The number of halogens is 1. The summed E-state index contributed by atoms with van der Waals surface area (Å²) in [6, 6.07) is 11.9. The minimum absolute atomic E-state index is 0.0661. The number of benzene rings is 2. The van der Waals surface area contributed by atoms with E-state index in [1.165, 1.54) is 18.1 Å². The number of aliphatic hydroxyl groups is 1. The van der Waals surface area contributed by atoms with Crippen molar-refractivity contribution in [3.8, 4) is 17.2 Å². The van der Waals surface area contributed by atoms with Gasteiger partial charge in [-0.25, -0.2) is 0 Å². The molecule has 1 N–H and O–H groups in total. The highest BCUT2D eigenvalue weighted by Gasteiger charge is 2.48. The van der Waals surface area contributed by atoms with E-state index in [0.29, 0.717) is 34.5 Å². The molecule has 2 aliphatic rings. The van der Waals surface area contributed by atoms with Crippen LogP contribution in [0.3, 0.4) is 0 Å². The zero-order valence-corrected chi connectivity index (χ0v) is 18.4. The number of aryl methyl sites for hydroxylation is 1. The number of Topliss-reactive ketones (excluding diaryl/α,β-unsaturated/α-hetero) is 1. The first-order chi connectivity index (χ1) is 15.9. The van der Waals surface area contributed by atoms with Crippen molar-refractivity contribution in [3.05, 3.63) is 76.2 Å². The van der Waals surface area contributed by atoms with Crippen LogP contribution >= 0.6 is 11.6 Å². The maximum absolute atomic E-state index is 13.2. The molecule has 1 aromatic heterocycles. The summed E-state index contributed by atoms with van der Waals surface area (Å²) in [7, 11) is 1.47. The Balaban J connectivity index is 1.69. The molecule has 1 atom stereocenters. The summed E-state index contributed by atoms with van der Waals surface area (Å²) in [5.74, 6) is 0.274. The van der Waals surface area contributed by atoms with Crippen molar-refractivity contribution < 1.29 is 33.3 Å². The number of anilines is 1. The number of amides is 1. The van der Waals surface area contributed by atoms with Crippen molar-refractivity contribution in [1.29, 1.82) is 0 Å². The zero-order valence-electron chi connectivity index (χ0n) is 17.6. The molecule has 0 spiro atoms. The topological polar surface area (TPSA) is 98.4 Å². The molecule has 33 heavy (non-hydrogen) atoms. The standard InChI is InChI=1S/C24H18ClNO7/c1-12-3-6-18(33-12)21-20(22(27)13-4-7-16(30-2)15(25)9-13)23(28)24(29)26(21)14-5-8-17-19(10-14)32-11-31-17/h3-10,21,27H,11H2,1-2H3/b22-20-. The maximum atomic E-state index is 13.2. The van der Waals surface area contributed by atoms with Gasteiger partial charge in [-0.2, -0.15) is 0 Å². The lowest BCUT2D eigenvalue weighted by atomic mass is 9.99. The lowest BCUT2D eigenvalue weighted by Gasteiger charge is -2.23. The van der Waals surface area contributed by atoms with Crippen LogP contribution in [-0.4, -0.2) is 30.7 Å². The van der Waals surface area contributed by atoms with Gasteiger partial charge < -0.3 is 23.7 Å². The second-order valence-electron chi connectivity index (χ2n) is 7.50. The van der Waals surface area contributed by atoms with Gasteiger partial charge in [-0.1, -0.05) is 11.6 Å². The van der Waals surface area contributed by atoms with E-state index in [-0.39, 0.29) is 28.7 Å². The molecule has 168 valence electrons. The van der Waals surface area contributed by atoms with E-state index in [0.717, 1.165) is 0 Å². The van der Waals surface area contributed by atoms with Crippen LogP contribution in [0, 0.1) is 6.92 Å². The van der Waals surface area contributed by atoms with Gasteiger partial charge in [-0.05, 0) is 49.4 Å². The molecular formula is C24H18ClNO7. The zero-order chi connectivity index (χ0) is 23.3. The van der Waals surface area contributed by atoms with E-state index < -0.39 is 17.7 Å². The number of hydrogen-bond acceptors (Lipinski definition) is 7. The molecule has 8 nitrogen and oxygen atoms in total. The Morgan fingerprint density at radius 1 is 1.09 bits per heavy atom. The first-order valence-corrected chi connectivity index (χ1v) is 10.4. The summed E-state index contributed by atoms with van der Waals surface area (Å²) in [4.78, 5) is 27.6. The number of carbonyl (C=O) groups excluding carboxylic acids is 2. The van der Waals surface area contributed by atoms with Crippen molar-refractivity contribution in [3.63, 3.8) is 0 Å². The number of nitrogens with zero attached hydrogens (tertiary/aromatic N) is 1. The normalized spacial score (nSPS) is 18.8. The molecule has 3 heterocycles. The van der Waals surface area contributed by atoms with Gasteiger partial charge in [0, 0.05) is 17.3 Å². The largest absolute Gasteiger partial charge is 0.507 e. The third-order valence-corrected chi connectivity index (χ3v) is 5.83. The molecule has 1 amide bonds. The highest BCUT2D eigenvalue weighted by atomic mass is 35.5. The van der Waals surface area contributed by atoms with Crippen molar-refractivity contribution in [1.82, 2.24) is 0 Å². The summed E-state index contributed by atoms with van der Waals surface area (Å²) < 4.78 is 21.7. The number of ether oxygens (including phenoxy) is 3. The van der Waals surface area contributed by atoms with E-state index in [4.69, 9.17) is 30.2 Å². The van der Waals surface area contributed by atoms with E-state index in [2.05, 4.69) is 0 Å². The molecule has 0 saturated carbocycles. The van der Waals surface area contributed by atoms with Crippen LogP contribution in [0.1, 0.15) is 23.1 Å². The smallest absolute Gasteiger partial charge is 0.300 e. The predicted molar refractivity (Wildman–Crippen MR) is 119 cm³/mol. The number of aliphatic hydroxyl groups excluding tert-OH is 1. The Morgan fingerprint density at radius 2 is 1.88 bits per heavy atom. The average molecular weight is 468 g/mol. The molecule has 1 fully saturated rings. The average Bonchev–Trinajstić information content (AvgIpc) is 3.51. The SMILES string of the molecule is COc1ccc(/C(O)=C2/C(=O)C(=O)N(c3ccc4c(c3)OCO4)C2c2ccc(C)o2)cc1Cl. The van der Waals surface area contributed by atoms with Gasteiger partial charge in [0.25, 0.3) is 11.7 Å². The highest BCUT2D eigenvalue weighted by Crippen LogP contribution is 2.45. The first kappa shape index (κ1) is 21.0. The fraction of sp³-hybridized carbons (Fsp3) is 0.167. The minimum Gasteiger partial charge on any atom is -0.507 e. The summed E-state index contributed by atoms with van der Waals surface area (Å²) in [6.07, 6.45) is 0. The van der Waals surface area contributed by atoms with Gasteiger partial charge >= 0.3 is 0 Å². The van der Waals surface area contributed by atoms with Crippen LogP contribution in [0.25, 0.3) is 5.76 Å². The predicted octanol–water partition coefficient (Wildman–Crippen LogP) is 4.61. The van der Waals surface area contributed by atoms with Crippen LogP contribution in [-0.2, 0) is 9.59 Å². The summed E-state index contributed by atoms with van der Waals surface area (Å²) >= 11 is 6.22. The Kier molecular flexibility index (Phi) is 5.02. The molecule has 0 radical (unpaired) electrons. The van der Waals surface area contributed by atoms with Gasteiger partial charge in [0.1, 0.15) is 29.1 Å². The van der Waals surface area contributed by atoms with Crippen LogP contribution < -0.4 is 19.1 Å². The van der Waals surface area contributed by atoms with Crippen molar-refractivity contribution in [2.75, 3.05) is 18.8 Å². The maximum Gasteiger partial charge on any atom is 0.300 e. The van der Waals surface area contributed by atoms with Crippen molar-refractivity contribution in [2.24, 2.45) is 0 Å². The van der Waals surface area contributed by atoms with Crippen molar-refractivity contribution in [2.45, 2.75) is 13.0 Å². The molecule has 9 heteroatoms. The van der Waals surface area contributed by atoms with E-state index >= 15 is 0 Å². The van der Waals surface area contributed by atoms with Crippen LogP contribution in [0.4, 0.5) is 5.69 Å². The summed E-state index contributed by atoms with van der Waals surface area (Å²) in [6.45, 7) is 1.82. The fourth-order valence-electron chi connectivity index (χ4n) is 3.97. The van der Waals surface area contributed by atoms with Gasteiger partial charge in [-0.3, -0.25) is 14.5 Å². The third kappa shape index (κ3) is 3.39.